The van der Waals surface area contributed by atoms with Crippen molar-refractivity contribution in [3.63, 3.8) is 0 Å². The Bertz CT molecular complexity index is 673. The van der Waals surface area contributed by atoms with Gasteiger partial charge >= 0.3 is 0 Å². The van der Waals surface area contributed by atoms with E-state index >= 15 is 0 Å². The van der Waals surface area contributed by atoms with Gasteiger partial charge in [-0.2, -0.15) is 0 Å². The van der Waals surface area contributed by atoms with Crippen LogP contribution >= 0.6 is 0 Å². The first-order valence-corrected chi connectivity index (χ1v) is 5.23. The molecule has 0 aliphatic carbocycles. The lowest BCUT2D eigenvalue weighted by atomic mass is 10.0. The molecule has 17 heavy (non-hydrogen) atoms. The molecule has 2 heterocycles. The summed E-state index contributed by atoms with van der Waals surface area (Å²) >= 11 is 0. The zero-order valence-electron chi connectivity index (χ0n) is 8.92. The van der Waals surface area contributed by atoms with Crippen molar-refractivity contribution in [1.82, 2.24) is 15.0 Å². The van der Waals surface area contributed by atoms with E-state index in [1.54, 1.807) is 24.5 Å². The van der Waals surface area contributed by atoms with Gasteiger partial charge in [0.1, 0.15) is 12.0 Å². The lowest BCUT2D eigenvalue weighted by molar-refractivity contribution is 0.104. The first kappa shape index (κ1) is 9.72. The SMILES string of the molecule is O=C(c1ccccc1)c1c[nH]c2ncncc12. The van der Waals surface area contributed by atoms with Gasteiger partial charge in [-0.1, -0.05) is 30.3 Å². The molecule has 0 fully saturated rings. The molecule has 0 spiro atoms. The third-order valence-corrected chi connectivity index (χ3v) is 2.64. The van der Waals surface area contributed by atoms with Crippen molar-refractivity contribution in [3.05, 3.63) is 60.2 Å². The van der Waals surface area contributed by atoms with Crippen LogP contribution in [0.15, 0.2) is 49.1 Å². The first-order valence-electron chi connectivity index (χ1n) is 5.23. The third kappa shape index (κ3) is 1.59. The maximum atomic E-state index is 12.2. The second kappa shape index (κ2) is 3.83. The van der Waals surface area contributed by atoms with Gasteiger partial charge < -0.3 is 4.98 Å². The number of carbonyl (C=O) groups is 1. The normalized spacial score (nSPS) is 10.6. The molecular formula is C13H9N3O. The maximum Gasteiger partial charge on any atom is 0.195 e. The van der Waals surface area contributed by atoms with Crippen LogP contribution in [0.25, 0.3) is 11.0 Å². The molecule has 0 saturated heterocycles. The van der Waals surface area contributed by atoms with E-state index in [4.69, 9.17) is 0 Å². The molecule has 1 N–H and O–H groups in total. The van der Waals surface area contributed by atoms with Crippen LogP contribution in [0.2, 0.25) is 0 Å². The number of H-pyrrole nitrogens is 1. The molecule has 0 amide bonds. The summed E-state index contributed by atoms with van der Waals surface area (Å²) in [5, 5.41) is 0.751. The second-order valence-electron chi connectivity index (χ2n) is 3.68. The minimum Gasteiger partial charge on any atom is -0.345 e. The molecule has 4 nitrogen and oxygen atoms in total. The van der Waals surface area contributed by atoms with Crippen LogP contribution in [0, 0.1) is 0 Å². The molecule has 3 aromatic rings. The lowest BCUT2D eigenvalue weighted by Gasteiger charge is -1.98. The number of ketones is 1. The van der Waals surface area contributed by atoms with Gasteiger partial charge in [0.25, 0.3) is 0 Å². The van der Waals surface area contributed by atoms with Crippen molar-refractivity contribution < 1.29 is 4.79 Å². The zero-order valence-corrected chi connectivity index (χ0v) is 8.92. The van der Waals surface area contributed by atoms with Gasteiger partial charge in [-0.3, -0.25) is 4.79 Å². The molecule has 0 bridgehead atoms. The zero-order chi connectivity index (χ0) is 11.7. The lowest BCUT2D eigenvalue weighted by Crippen LogP contribution is -1.99. The molecule has 0 saturated carbocycles. The Hall–Kier alpha value is -2.49. The Labute approximate surface area is 97.3 Å². The van der Waals surface area contributed by atoms with E-state index in [1.807, 2.05) is 18.2 Å². The first-order chi connectivity index (χ1) is 8.36. The molecule has 2 aromatic heterocycles. The van der Waals surface area contributed by atoms with Crippen molar-refractivity contribution in [3.8, 4) is 0 Å². The minimum atomic E-state index is -0.0216. The average molecular weight is 223 g/mol. The van der Waals surface area contributed by atoms with E-state index in [2.05, 4.69) is 15.0 Å². The fourth-order valence-corrected chi connectivity index (χ4v) is 1.79. The molecule has 0 aliphatic heterocycles. The summed E-state index contributed by atoms with van der Waals surface area (Å²) in [6, 6.07) is 9.17. The molecule has 0 unspecified atom stereocenters. The summed E-state index contributed by atoms with van der Waals surface area (Å²) < 4.78 is 0. The summed E-state index contributed by atoms with van der Waals surface area (Å²) in [7, 11) is 0. The predicted octanol–water partition coefficient (Wildman–Crippen LogP) is 2.19. The molecule has 0 radical (unpaired) electrons. The highest BCUT2D eigenvalue weighted by Gasteiger charge is 2.14. The topological polar surface area (TPSA) is 58.6 Å². The number of aromatic amines is 1. The molecule has 4 heteroatoms. The van der Waals surface area contributed by atoms with Crippen LogP contribution in [-0.2, 0) is 0 Å². The second-order valence-corrected chi connectivity index (χ2v) is 3.68. The fourth-order valence-electron chi connectivity index (χ4n) is 1.79. The van der Waals surface area contributed by atoms with Gasteiger partial charge in [0, 0.05) is 23.3 Å². The number of hydrogen-bond donors (Lipinski definition) is 1. The van der Waals surface area contributed by atoms with Crippen molar-refractivity contribution in [2.45, 2.75) is 0 Å². The van der Waals surface area contributed by atoms with Crippen LogP contribution in [0.1, 0.15) is 15.9 Å². The Balaban J connectivity index is 2.14. The Morgan fingerprint density at radius 1 is 1.18 bits per heavy atom. The van der Waals surface area contributed by atoms with Gasteiger partial charge in [-0.05, 0) is 0 Å². The molecule has 0 aliphatic rings. The number of benzene rings is 1. The highest BCUT2D eigenvalue weighted by molar-refractivity contribution is 6.15. The van der Waals surface area contributed by atoms with Crippen LogP contribution in [0.3, 0.4) is 0 Å². The van der Waals surface area contributed by atoms with E-state index in [-0.39, 0.29) is 5.78 Å². The van der Waals surface area contributed by atoms with Crippen LogP contribution < -0.4 is 0 Å². The quantitative estimate of drug-likeness (QED) is 0.677. The Kier molecular flexibility index (Phi) is 2.19. The van der Waals surface area contributed by atoms with Crippen LogP contribution in [0.4, 0.5) is 0 Å². The van der Waals surface area contributed by atoms with E-state index in [1.165, 1.54) is 6.33 Å². The van der Waals surface area contributed by atoms with Crippen LogP contribution in [0.5, 0.6) is 0 Å². The van der Waals surface area contributed by atoms with Crippen molar-refractivity contribution >= 4 is 16.8 Å². The number of carbonyl (C=O) groups excluding carboxylic acids is 1. The molecular weight excluding hydrogens is 214 g/mol. The van der Waals surface area contributed by atoms with Crippen molar-refractivity contribution in [1.29, 1.82) is 0 Å². The molecule has 3 rings (SSSR count). The summed E-state index contributed by atoms with van der Waals surface area (Å²) in [6.45, 7) is 0. The van der Waals surface area contributed by atoms with Gasteiger partial charge in [-0.15, -0.1) is 0 Å². The van der Waals surface area contributed by atoms with Crippen molar-refractivity contribution in [2.24, 2.45) is 0 Å². The number of fused-ring (bicyclic) bond motifs is 1. The largest absolute Gasteiger partial charge is 0.345 e. The van der Waals surface area contributed by atoms with E-state index in [0.29, 0.717) is 16.8 Å². The van der Waals surface area contributed by atoms with Gasteiger partial charge in [0.15, 0.2) is 5.78 Å². The molecule has 1 aromatic carbocycles. The highest BCUT2D eigenvalue weighted by atomic mass is 16.1. The molecule has 0 atom stereocenters. The number of aromatic nitrogens is 3. The van der Waals surface area contributed by atoms with E-state index in [0.717, 1.165) is 5.39 Å². The number of nitrogens with one attached hydrogen (secondary N) is 1. The summed E-state index contributed by atoms with van der Waals surface area (Å²) in [4.78, 5) is 23.2. The Morgan fingerprint density at radius 3 is 2.82 bits per heavy atom. The minimum absolute atomic E-state index is 0.0216. The summed E-state index contributed by atoms with van der Waals surface area (Å²) in [6.07, 6.45) is 4.78. The third-order valence-electron chi connectivity index (χ3n) is 2.64. The number of hydrogen-bond acceptors (Lipinski definition) is 3. The fraction of sp³-hybridized carbons (Fsp3) is 0. The monoisotopic (exact) mass is 223 g/mol. The standard InChI is InChI=1S/C13H9N3O/c17-12(9-4-2-1-3-5-9)10-7-15-13-11(10)6-14-8-16-13/h1-8H,(H,14,15,16). The van der Waals surface area contributed by atoms with Gasteiger partial charge in [-0.25, -0.2) is 9.97 Å². The van der Waals surface area contributed by atoms with Gasteiger partial charge in [0.2, 0.25) is 0 Å². The number of nitrogens with zero attached hydrogens (tertiary/aromatic N) is 2. The molecule has 82 valence electrons. The maximum absolute atomic E-state index is 12.2. The highest BCUT2D eigenvalue weighted by Crippen LogP contribution is 2.18. The predicted molar refractivity (Wildman–Crippen MR) is 63.8 cm³/mol. The van der Waals surface area contributed by atoms with Crippen LogP contribution in [-0.4, -0.2) is 20.7 Å². The summed E-state index contributed by atoms with van der Waals surface area (Å²) in [5.74, 6) is -0.0216. The summed E-state index contributed by atoms with van der Waals surface area (Å²) in [5.41, 5.74) is 1.95. The number of rotatable bonds is 2. The van der Waals surface area contributed by atoms with Crippen molar-refractivity contribution in [2.75, 3.05) is 0 Å². The Morgan fingerprint density at radius 2 is 2.00 bits per heavy atom. The van der Waals surface area contributed by atoms with E-state index in [9.17, 15) is 4.79 Å². The van der Waals surface area contributed by atoms with E-state index < -0.39 is 0 Å². The smallest absolute Gasteiger partial charge is 0.195 e. The van der Waals surface area contributed by atoms with Gasteiger partial charge in [0.05, 0.1) is 5.56 Å². The average Bonchev–Trinajstić information content (AvgIpc) is 2.83.